The summed E-state index contributed by atoms with van der Waals surface area (Å²) in [7, 11) is 1.68. The molecule has 0 bridgehead atoms. The van der Waals surface area contributed by atoms with Gasteiger partial charge in [0.05, 0.1) is 49.1 Å². The Morgan fingerprint density at radius 1 is 0.754 bits per heavy atom. The van der Waals surface area contributed by atoms with Crippen molar-refractivity contribution >= 4 is 87.3 Å². The van der Waals surface area contributed by atoms with E-state index in [4.69, 9.17) is 19.7 Å². The van der Waals surface area contributed by atoms with Crippen LogP contribution in [0.15, 0.2) is 114 Å². The van der Waals surface area contributed by atoms with Gasteiger partial charge >= 0.3 is 0 Å². The molecule has 13 nitrogen and oxygen atoms in total. The average molecular weight is 952 g/mol. The number of carbonyl (C=O) groups is 1. The number of pyridine rings is 1. The molecule has 0 aliphatic heterocycles. The molecular weight excluding hydrogens is 903 g/mol. The van der Waals surface area contributed by atoms with E-state index >= 15 is 0 Å². The Kier molecular flexibility index (Phi) is 11.1. The van der Waals surface area contributed by atoms with Crippen LogP contribution in [0.3, 0.4) is 0 Å². The third-order valence-electron chi connectivity index (χ3n) is 14.0. The molecule has 10 aromatic rings. The number of thiophene rings is 2. The number of hydrogen-bond donors (Lipinski definition) is 4. The summed E-state index contributed by atoms with van der Waals surface area (Å²) in [5, 5.41) is 15.7. The lowest BCUT2D eigenvalue weighted by atomic mass is 9.93. The molecule has 4 N–H and O–H groups in total. The molecular formula is C54H49N9O4S2. The van der Waals surface area contributed by atoms with Crippen LogP contribution < -0.4 is 31.8 Å². The van der Waals surface area contributed by atoms with Crippen LogP contribution in [0.5, 0.6) is 5.75 Å². The molecule has 69 heavy (non-hydrogen) atoms. The SMILES string of the molecule is COc1ccc(Cn2cnc3sc4c(c3c2=O)CCC(NCCNC(C)=O)C4)c2cc(-c3cnc4c(Cn5cnc6sc7c(c6c5=O)CCC(Nc5ccc6[nH]ccc6c5)C7)cccc4c3)ccc12. The highest BCUT2D eigenvalue weighted by molar-refractivity contribution is 7.19. The van der Waals surface area contributed by atoms with Crippen molar-refractivity contribution in [1.82, 2.24) is 39.7 Å². The molecule has 0 fully saturated rings. The number of anilines is 1. The lowest BCUT2D eigenvalue weighted by Crippen LogP contribution is -2.39. The Hall–Kier alpha value is -7.20. The molecule has 6 aromatic heterocycles. The Balaban J connectivity index is 0.796. The highest BCUT2D eigenvalue weighted by Gasteiger charge is 2.27. The van der Waals surface area contributed by atoms with E-state index in [2.05, 4.69) is 75.5 Å². The summed E-state index contributed by atoms with van der Waals surface area (Å²) in [4.78, 5) is 61.8. The smallest absolute Gasteiger partial charge is 0.262 e. The van der Waals surface area contributed by atoms with E-state index in [1.54, 1.807) is 51.6 Å². The van der Waals surface area contributed by atoms with Gasteiger partial charge in [-0.15, -0.1) is 22.7 Å². The van der Waals surface area contributed by atoms with Crippen LogP contribution in [0.25, 0.3) is 64.1 Å². The van der Waals surface area contributed by atoms with E-state index < -0.39 is 0 Å². The van der Waals surface area contributed by atoms with E-state index in [1.807, 2.05) is 36.7 Å². The van der Waals surface area contributed by atoms with Crippen molar-refractivity contribution in [3.8, 4) is 16.9 Å². The second-order valence-electron chi connectivity index (χ2n) is 18.4. The van der Waals surface area contributed by atoms with E-state index in [0.29, 0.717) is 32.2 Å². The number of benzene rings is 4. The Morgan fingerprint density at radius 3 is 2.25 bits per heavy atom. The first-order valence-corrected chi connectivity index (χ1v) is 25.2. The number of aromatic amines is 1. The van der Waals surface area contributed by atoms with Gasteiger partial charge in [0.15, 0.2) is 0 Å². The molecule has 1 amide bonds. The number of carbonyl (C=O) groups excluding carboxylic acids is 1. The molecule has 0 saturated carbocycles. The molecule has 0 radical (unpaired) electrons. The van der Waals surface area contributed by atoms with Crippen molar-refractivity contribution in [3.05, 3.63) is 157 Å². The van der Waals surface area contributed by atoms with Crippen LogP contribution in [0.2, 0.25) is 0 Å². The van der Waals surface area contributed by atoms with Crippen molar-refractivity contribution in [2.45, 2.75) is 70.6 Å². The maximum absolute atomic E-state index is 14.3. The lowest BCUT2D eigenvalue weighted by Gasteiger charge is -2.24. The Bertz CT molecular complexity index is 3790. The second kappa shape index (κ2) is 17.7. The lowest BCUT2D eigenvalue weighted by molar-refractivity contribution is -0.118. The van der Waals surface area contributed by atoms with Gasteiger partial charge in [0.25, 0.3) is 11.1 Å². The first kappa shape index (κ1) is 43.1. The number of hydrogen-bond acceptors (Lipinski definition) is 11. The van der Waals surface area contributed by atoms with Crippen LogP contribution in [-0.2, 0) is 43.6 Å². The molecule has 4 aromatic carbocycles. The number of para-hydroxylation sites is 1. The van der Waals surface area contributed by atoms with Crippen molar-refractivity contribution in [1.29, 1.82) is 0 Å². The standard InChI is InChI=1S/C54H49N9O4S2/c1-30(64)55-18-19-56-37-8-12-41-46(23-37)68-51-48(41)53(65)62(28-59-51)26-34-7-15-45(67-2)40-11-6-31(22-43(34)40)36-20-33-4-3-5-35(50(33)58-25-36)27-63-29-60-52-49(54(63)66)42-13-9-39(24-47(42)69-52)61-38-10-14-44-32(21-38)16-17-57-44/h3-7,10-11,14-17,20-22,25,28-29,37,39,56-57,61H,8-9,12-13,18-19,23-24,26-27H2,1-2H3,(H,55,64). The number of nitrogens with one attached hydrogen (secondary N) is 4. The average Bonchev–Trinajstić information content (AvgIpc) is 4.10. The molecule has 0 spiro atoms. The largest absolute Gasteiger partial charge is 0.496 e. The van der Waals surface area contributed by atoms with Gasteiger partial charge in [-0.1, -0.05) is 36.4 Å². The molecule has 6 heterocycles. The summed E-state index contributed by atoms with van der Waals surface area (Å²) >= 11 is 3.26. The number of ether oxygens (including phenoxy) is 1. The minimum absolute atomic E-state index is 0.0102. The molecule has 0 saturated heterocycles. The van der Waals surface area contributed by atoms with Crippen molar-refractivity contribution in [3.63, 3.8) is 0 Å². The van der Waals surface area contributed by atoms with Gasteiger partial charge in [0.1, 0.15) is 15.4 Å². The summed E-state index contributed by atoms with van der Waals surface area (Å²) in [5.74, 6) is 0.722. The van der Waals surface area contributed by atoms with Gasteiger partial charge in [0.2, 0.25) is 5.91 Å². The number of aromatic nitrogens is 6. The fraction of sp³-hybridized carbons (Fsp3) is 0.259. The number of nitrogens with zero attached hydrogens (tertiary/aromatic N) is 5. The van der Waals surface area contributed by atoms with E-state index in [0.717, 1.165) is 131 Å². The number of rotatable bonds is 12. The molecule has 12 rings (SSSR count). The van der Waals surface area contributed by atoms with Crippen LogP contribution in [0, 0.1) is 0 Å². The summed E-state index contributed by atoms with van der Waals surface area (Å²) in [6, 6.07) is 27.7. The summed E-state index contributed by atoms with van der Waals surface area (Å²) in [5.41, 5.74) is 9.14. The second-order valence-corrected chi connectivity index (χ2v) is 20.5. The fourth-order valence-corrected chi connectivity index (χ4v) is 13.1. The van der Waals surface area contributed by atoms with Crippen molar-refractivity contribution in [2.24, 2.45) is 0 Å². The normalized spacial score (nSPS) is 15.8. The first-order chi connectivity index (χ1) is 33.7. The van der Waals surface area contributed by atoms with Crippen LogP contribution >= 0.6 is 22.7 Å². The predicted octanol–water partition coefficient (Wildman–Crippen LogP) is 8.74. The van der Waals surface area contributed by atoms with E-state index in [1.165, 1.54) is 22.1 Å². The Labute approximate surface area is 404 Å². The molecule has 2 aliphatic carbocycles. The monoisotopic (exact) mass is 951 g/mol. The predicted molar refractivity (Wildman–Crippen MR) is 277 cm³/mol. The highest BCUT2D eigenvalue weighted by atomic mass is 32.1. The summed E-state index contributed by atoms with van der Waals surface area (Å²) in [6.07, 6.45) is 12.4. The minimum atomic E-state index is -0.0308. The number of aryl methyl sites for hydroxylation is 2. The maximum Gasteiger partial charge on any atom is 0.262 e. The van der Waals surface area contributed by atoms with Gasteiger partial charge in [-0.25, -0.2) is 9.97 Å². The minimum Gasteiger partial charge on any atom is -0.496 e. The zero-order valence-corrected chi connectivity index (χ0v) is 39.9. The summed E-state index contributed by atoms with van der Waals surface area (Å²) in [6.45, 7) is 3.53. The number of fused-ring (bicyclic) bond motifs is 9. The van der Waals surface area contributed by atoms with Crippen molar-refractivity contribution < 1.29 is 9.53 Å². The fourth-order valence-electron chi connectivity index (χ4n) is 10.6. The topological polar surface area (TPSA) is 161 Å². The van der Waals surface area contributed by atoms with Gasteiger partial charge in [0, 0.05) is 93.6 Å². The maximum atomic E-state index is 14.3. The van der Waals surface area contributed by atoms with Gasteiger partial charge in [-0.05, 0) is 108 Å². The summed E-state index contributed by atoms with van der Waals surface area (Å²) < 4.78 is 9.28. The van der Waals surface area contributed by atoms with Crippen molar-refractivity contribution in [2.75, 3.05) is 25.5 Å². The molecule has 2 atom stereocenters. The molecule has 15 heteroatoms. The zero-order valence-electron chi connectivity index (χ0n) is 38.2. The van der Waals surface area contributed by atoms with Crippen LogP contribution in [-0.4, -0.2) is 67.3 Å². The quantitative estimate of drug-likeness (QED) is 0.0879. The van der Waals surface area contributed by atoms with Crippen LogP contribution in [0.1, 0.15) is 51.8 Å². The van der Waals surface area contributed by atoms with Gasteiger partial charge in [-0.3, -0.25) is 28.5 Å². The molecule has 2 unspecified atom stereocenters. The zero-order chi connectivity index (χ0) is 46.8. The van der Waals surface area contributed by atoms with E-state index in [9.17, 15) is 14.4 Å². The Morgan fingerprint density at radius 2 is 1.49 bits per heavy atom. The van der Waals surface area contributed by atoms with E-state index in [-0.39, 0.29) is 23.1 Å². The van der Waals surface area contributed by atoms with Crippen LogP contribution in [0.4, 0.5) is 5.69 Å². The number of amides is 1. The van der Waals surface area contributed by atoms with Gasteiger partial charge < -0.3 is 25.7 Å². The first-order valence-electron chi connectivity index (χ1n) is 23.5. The highest BCUT2D eigenvalue weighted by Crippen LogP contribution is 2.38. The third kappa shape index (κ3) is 8.03. The number of methoxy groups -OCH3 is 1. The molecule has 2 aliphatic rings. The molecule has 346 valence electrons. The number of H-pyrrole nitrogens is 1. The van der Waals surface area contributed by atoms with Gasteiger partial charge in [-0.2, -0.15) is 0 Å². The third-order valence-corrected chi connectivity index (χ3v) is 16.3.